The summed E-state index contributed by atoms with van der Waals surface area (Å²) in [6, 6.07) is 40.1. The van der Waals surface area contributed by atoms with E-state index in [0.717, 1.165) is 63.3 Å². The van der Waals surface area contributed by atoms with Crippen LogP contribution in [0.1, 0.15) is 47.5 Å². The van der Waals surface area contributed by atoms with Crippen molar-refractivity contribution in [2.45, 2.75) is 24.7 Å². The number of hydrogen-bond acceptors (Lipinski definition) is 6. The Morgan fingerprint density at radius 1 is 0.731 bits per heavy atom. The smallest absolute Gasteiger partial charge is 0.163 e. The van der Waals surface area contributed by atoms with Crippen molar-refractivity contribution in [1.82, 2.24) is 15.0 Å². The molecule has 7 aromatic rings. The minimum Gasteiger partial charge on any atom is -0.461 e. The number of nitrogens with zero attached hydrogens (tertiary/aromatic N) is 4. The Balaban J connectivity index is 1.08. The minimum absolute atomic E-state index is 0.111. The molecule has 0 bridgehead atoms. The van der Waals surface area contributed by atoms with Crippen LogP contribution >= 0.6 is 11.3 Å². The van der Waals surface area contributed by atoms with Gasteiger partial charge in [0.1, 0.15) is 17.3 Å². The maximum atomic E-state index is 10.2. The average molecular weight is 687 g/mol. The summed E-state index contributed by atoms with van der Waals surface area (Å²) in [5.74, 6) is 3.49. The number of hydrogen-bond donors (Lipinski definition) is 0. The number of fused-ring (bicyclic) bond motifs is 6. The lowest BCUT2D eigenvalue weighted by molar-refractivity contribution is 0.414. The molecule has 0 saturated carbocycles. The summed E-state index contributed by atoms with van der Waals surface area (Å²) in [5.41, 5.74) is 7.84. The molecule has 0 N–H and O–H groups in total. The lowest BCUT2D eigenvalue weighted by atomic mass is 9.81. The highest BCUT2D eigenvalue weighted by molar-refractivity contribution is 7.26. The summed E-state index contributed by atoms with van der Waals surface area (Å²) in [4.78, 5) is 15.2. The Labute approximate surface area is 305 Å². The zero-order valence-corrected chi connectivity index (χ0v) is 28.8. The van der Waals surface area contributed by atoms with Gasteiger partial charge in [0.05, 0.1) is 23.5 Å². The number of ether oxygens (including phenoxy) is 1. The molecule has 2 unspecified atom stereocenters. The third-order valence-electron chi connectivity index (χ3n) is 10.2. The number of benzene rings is 5. The van der Waals surface area contributed by atoms with Crippen molar-refractivity contribution in [3.8, 4) is 45.5 Å². The normalized spacial score (nSPS) is 17.3. The molecule has 0 saturated heterocycles. The van der Waals surface area contributed by atoms with Crippen LogP contribution in [0.3, 0.4) is 0 Å². The van der Waals surface area contributed by atoms with Crippen LogP contribution in [0, 0.1) is 11.3 Å². The molecule has 246 valence electrons. The molecule has 3 aliphatic rings. The van der Waals surface area contributed by atoms with E-state index in [-0.39, 0.29) is 11.8 Å². The van der Waals surface area contributed by atoms with Crippen LogP contribution in [-0.2, 0) is 0 Å². The second kappa shape index (κ2) is 12.4. The van der Waals surface area contributed by atoms with E-state index in [1.807, 2.05) is 54.6 Å². The SMILES string of the molecule is N#Cc1cc(-c2ccc3c(c2)C2C(=CC=CC2c2nc(C4=CCCC=C4)nc(-c4ccccc4)n2)O3)cc(-c2cccc3c2sc2ccccc23)c1. The molecule has 2 aliphatic carbocycles. The molecule has 6 heteroatoms. The zero-order valence-electron chi connectivity index (χ0n) is 28.0. The predicted octanol–water partition coefficient (Wildman–Crippen LogP) is 11.6. The number of rotatable bonds is 5. The maximum Gasteiger partial charge on any atom is 0.163 e. The highest BCUT2D eigenvalue weighted by atomic mass is 32.1. The zero-order chi connectivity index (χ0) is 34.6. The first-order valence-corrected chi connectivity index (χ1v) is 18.4. The Kier molecular flexibility index (Phi) is 7.26. The van der Waals surface area contributed by atoms with Crippen molar-refractivity contribution < 1.29 is 4.74 Å². The molecular formula is C46H30N4OS. The van der Waals surface area contributed by atoms with E-state index < -0.39 is 0 Å². The molecule has 2 atom stereocenters. The highest BCUT2D eigenvalue weighted by Crippen LogP contribution is 2.51. The molecule has 1 aliphatic heterocycles. The van der Waals surface area contributed by atoms with E-state index in [0.29, 0.717) is 23.0 Å². The van der Waals surface area contributed by atoms with Crippen molar-refractivity contribution in [2.75, 3.05) is 0 Å². The number of aromatic nitrogens is 3. The molecule has 0 fully saturated rings. The van der Waals surface area contributed by atoms with Gasteiger partial charge in [-0.2, -0.15) is 5.26 Å². The van der Waals surface area contributed by atoms with Crippen LogP contribution in [0.2, 0.25) is 0 Å². The van der Waals surface area contributed by atoms with Gasteiger partial charge in [0, 0.05) is 36.9 Å². The van der Waals surface area contributed by atoms with Gasteiger partial charge in [0.2, 0.25) is 0 Å². The molecule has 3 heterocycles. The van der Waals surface area contributed by atoms with Crippen LogP contribution in [0.15, 0.2) is 151 Å². The Morgan fingerprint density at radius 2 is 1.58 bits per heavy atom. The van der Waals surface area contributed by atoms with Crippen molar-refractivity contribution in [3.05, 3.63) is 174 Å². The van der Waals surface area contributed by atoms with Crippen LogP contribution in [0.25, 0.3) is 59.4 Å². The molecule has 0 spiro atoms. The van der Waals surface area contributed by atoms with E-state index in [4.69, 9.17) is 19.7 Å². The quantitative estimate of drug-likeness (QED) is 0.180. The molecular weight excluding hydrogens is 657 g/mol. The van der Waals surface area contributed by atoms with Gasteiger partial charge in [-0.25, -0.2) is 15.0 Å². The van der Waals surface area contributed by atoms with Crippen LogP contribution in [0.4, 0.5) is 0 Å². The van der Waals surface area contributed by atoms with Gasteiger partial charge in [-0.1, -0.05) is 103 Å². The Morgan fingerprint density at radius 3 is 2.46 bits per heavy atom. The molecule has 52 heavy (non-hydrogen) atoms. The van der Waals surface area contributed by atoms with Gasteiger partial charge in [0.25, 0.3) is 0 Å². The van der Waals surface area contributed by atoms with E-state index >= 15 is 0 Å². The summed E-state index contributed by atoms with van der Waals surface area (Å²) in [7, 11) is 0. The molecule has 10 rings (SSSR count). The van der Waals surface area contributed by atoms with E-state index in [9.17, 15) is 5.26 Å². The fourth-order valence-corrected chi connectivity index (χ4v) is 8.93. The molecule has 2 aromatic heterocycles. The summed E-state index contributed by atoms with van der Waals surface area (Å²) >= 11 is 1.80. The summed E-state index contributed by atoms with van der Waals surface area (Å²) in [6.07, 6.45) is 14.8. The maximum absolute atomic E-state index is 10.2. The average Bonchev–Trinajstić information content (AvgIpc) is 3.79. The third kappa shape index (κ3) is 5.17. The largest absolute Gasteiger partial charge is 0.461 e. The Bertz CT molecular complexity index is 2750. The number of nitriles is 1. The van der Waals surface area contributed by atoms with Gasteiger partial charge in [0.15, 0.2) is 11.6 Å². The first-order valence-electron chi connectivity index (χ1n) is 17.5. The van der Waals surface area contributed by atoms with Crippen LogP contribution in [0.5, 0.6) is 5.75 Å². The second-order valence-corrected chi connectivity index (χ2v) is 14.4. The highest BCUT2D eigenvalue weighted by Gasteiger charge is 2.39. The van der Waals surface area contributed by atoms with Gasteiger partial charge >= 0.3 is 0 Å². The molecule has 0 radical (unpaired) electrons. The first kappa shape index (κ1) is 30.4. The van der Waals surface area contributed by atoms with Crippen molar-refractivity contribution in [2.24, 2.45) is 0 Å². The predicted molar refractivity (Wildman–Crippen MR) is 210 cm³/mol. The van der Waals surface area contributed by atoms with Gasteiger partial charge in [-0.3, -0.25) is 0 Å². The fourth-order valence-electron chi connectivity index (χ4n) is 7.69. The molecule has 0 amide bonds. The lowest BCUT2D eigenvalue weighted by Gasteiger charge is -2.23. The van der Waals surface area contributed by atoms with E-state index in [1.54, 1.807) is 11.3 Å². The third-order valence-corrected chi connectivity index (χ3v) is 11.4. The summed E-state index contributed by atoms with van der Waals surface area (Å²) in [6.45, 7) is 0. The van der Waals surface area contributed by atoms with Crippen molar-refractivity contribution in [3.63, 3.8) is 0 Å². The van der Waals surface area contributed by atoms with Crippen LogP contribution < -0.4 is 4.74 Å². The monoisotopic (exact) mass is 686 g/mol. The lowest BCUT2D eigenvalue weighted by Crippen LogP contribution is -2.17. The van der Waals surface area contributed by atoms with Gasteiger partial charge in [-0.05, 0) is 77.6 Å². The topological polar surface area (TPSA) is 71.7 Å². The van der Waals surface area contributed by atoms with Crippen molar-refractivity contribution >= 4 is 37.1 Å². The second-order valence-electron chi connectivity index (χ2n) is 13.3. The summed E-state index contributed by atoms with van der Waals surface area (Å²) < 4.78 is 8.98. The molecule has 5 nitrogen and oxygen atoms in total. The van der Waals surface area contributed by atoms with E-state index in [1.165, 1.54) is 20.2 Å². The first-order chi connectivity index (χ1) is 25.7. The number of allylic oxidation sites excluding steroid dienone is 8. The number of thiophene rings is 1. The molecule has 5 aromatic carbocycles. The Hall–Kier alpha value is -6.42. The standard InChI is InChI=1S/C46H30N4OS/c47-27-28-23-32(25-33(24-28)34-16-9-17-36-35-15-7-8-20-41(35)52-43(34)36)31-21-22-39-38(26-31)42-37(18-10-19-40(42)51-39)46-49-44(29-11-3-1-4-12-29)48-45(50-46)30-13-5-2-6-14-30/h1,3-5,7-26,37,42H,2,6H2. The van der Waals surface area contributed by atoms with Crippen molar-refractivity contribution in [1.29, 1.82) is 5.26 Å². The summed E-state index contributed by atoms with van der Waals surface area (Å²) in [5, 5.41) is 12.7. The fraction of sp³-hybridized carbons (Fsp3) is 0.0870. The van der Waals surface area contributed by atoms with E-state index in [2.05, 4.69) is 97.1 Å². The van der Waals surface area contributed by atoms with Gasteiger partial charge < -0.3 is 4.74 Å². The van der Waals surface area contributed by atoms with Crippen LogP contribution in [-0.4, -0.2) is 15.0 Å². The van der Waals surface area contributed by atoms with Gasteiger partial charge in [-0.15, -0.1) is 11.3 Å². The minimum atomic E-state index is -0.166.